The molecule has 3 rings (SSSR count). The van der Waals surface area contributed by atoms with Gasteiger partial charge in [-0.1, -0.05) is 15.9 Å². The lowest BCUT2D eigenvalue weighted by Gasteiger charge is -2.22. The Balaban J connectivity index is 2.08. The van der Waals surface area contributed by atoms with Crippen molar-refractivity contribution in [3.8, 4) is 11.5 Å². The molecule has 2 heterocycles. The number of ether oxygens (including phenoxy) is 2. The molecule has 0 spiro atoms. The highest BCUT2D eigenvalue weighted by molar-refractivity contribution is 9.10. The second-order valence-corrected chi connectivity index (χ2v) is 5.15. The van der Waals surface area contributed by atoms with Crippen LogP contribution in [-0.4, -0.2) is 26.3 Å². The summed E-state index contributed by atoms with van der Waals surface area (Å²) in [6, 6.07) is 1.81. The van der Waals surface area contributed by atoms with E-state index in [1.807, 2.05) is 6.07 Å². The Morgan fingerprint density at radius 1 is 1.35 bits per heavy atom. The molecule has 1 N–H and O–H groups in total. The molecular formula is C12H13BrFNO2. The van der Waals surface area contributed by atoms with Gasteiger partial charge in [-0.05, 0) is 19.0 Å². The molecule has 3 nitrogen and oxygen atoms in total. The molecule has 0 radical (unpaired) electrons. The highest BCUT2D eigenvalue weighted by Gasteiger charge is 2.28. The van der Waals surface area contributed by atoms with Crippen LogP contribution in [0.2, 0.25) is 0 Å². The van der Waals surface area contributed by atoms with E-state index in [4.69, 9.17) is 9.47 Å². The second-order valence-electron chi connectivity index (χ2n) is 4.30. The van der Waals surface area contributed by atoms with E-state index in [1.54, 1.807) is 0 Å². The maximum absolute atomic E-state index is 14.4. The molecule has 92 valence electrons. The molecule has 2 aliphatic heterocycles. The molecule has 0 bridgehead atoms. The molecule has 0 aliphatic carbocycles. The zero-order valence-corrected chi connectivity index (χ0v) is 10.8. The molecule has 0 saturated carbocycles. The highest BCUT2D eigenvalue weighted by Crippen LogP contribution is 2.42. The van der Waals surface area contributed by atoms with Gasteiger partial charge < -0.3 is 14.8 Å². The summed E-state index contributed by atoms with van der Waals surface area (Å²) in [6.45, 7) is 2.64. The standard InChI is InChI=1S/C12H13BrFNO2/c13-8-5-9-12(17-4-3-16-9)11(14)10(8)7-1-2-15-6-7/h5,7,15H,1-4,6H2. The average molecular weight is 302 g/mol. The van der Waals surface area contributed by atoms with Crippen molar-refractivity contribution in [2.45, 2.75) is 12.3 Å². The van der Waals surface area contributed by atoms with E-state index in [-0.39, 0.29) is 17.5 Å². The fraction of sp³-hybridized carbons (Fsp3) is 0.500. The topological polar surface area (TPSA) is 30.5 Å². The maximum Gasteiger partial charge on any atom is 0.197 e. The van der Waals surface area contributed by atoms with Crippen LogP contribution in [0.5, 0.6) is 11.5 Å². The average Bonchev–Trinajstić information content (AvgIpc) is 2.83. The predicted octanol–water partition coefficient (Wildman–Crippen LogP) is 2.44. The van der Waals surface area contributed by atoms with Crippen molar-refractivity contribution >= 4 is 15.9 Å². The van der Waals surface area contributed by atoms with Crippen molar-refractivity contribution < 1.29 is 13.9 Å². The molecule has 17 heavy (non-hydrogen) atoms. The van der Waals surface area contributed by atoms with Crippen LogP contribution in [-0.2, 0) is 0 Å². The Kier molecular flexibility index (Phi) is 2.96. The van der Waals surface area contributed by atoms with Gasteiger partial charge in [0.15, 0.2) is 17.3 Å². The van der Waals surface area contributed by atoms with Crippen LogP contribution in [0.4, 0.5) is 4.39 Å². The van der Waals surface area contributed by atoms with Gasteiger partial charge in [-0.2, -0.15) is 0 Å². The molecule has 2 aliphatic rings. The molecule has 5 heteroatoms. The third-order valence-corrected chi connectivity index (χ3v) is 3.89. The number of hydrogen-bond acceptors (Lipinski definition) is 3. The zero-order chi connectivity index (χ0) is 11.8. The monoisotopic (exact) mass is 301 g/mol. The summed E-state index contributed by atoms with van der Waals surface area (Å²) in [4.78, 5) is 0. The van der Waals surface area contributed by atoms with Crippen molar-refractivity contribution in [3.63, 3.8) is 0 Å². The first kappa shape index (κ1) is 11.3. The molecule has 1 aromatic rings. The van der Waals surface area contributed by atoms with Crippen LogP contribution >= 0.6 is 15.9 Å². The molecule has 1 atom stereocenters. The first-order valence-electron chi connectivity index (χ1n) is 5.75. The van der Waals surface area contributed by atoms with Crippen LogP contribution in [0.25, 0.3) is 0 Å². The predicted molar refractivity (Wildman–Crippen MR) is 65.3 cm³/mol. The minimum atomic E-state index is -0.275. The summed E-state index contributed by atoms with van der Waals surface area (Å²) in [5.41, 5.74) is 0.708. The van der Waals surface area contributed by atoms with Gasteiger partial charge in [0.2, 0.25) is 0 Å². The van der Waals surface area contributed by atoms with E-state index in [0.717, 1.165) is 24.0 Å². The Morgan fingerprint density at radius 3 is 2.94 bits per heavy atom. The molecular weight excluding hydrogens is 289 g/mol. The Hall–Kier alpha value is -0.810. The minimum absolute atomic E-state index is 0.209. The molecule has 1 saturated heterocycles. The molecule has 0 aromatic heterocycles. The third-order valence-electron chi connectivity index (χ3n) is 3.23. The normalized spacial score (nSPS) is 22.8. The van der Waals surface area contributed by atoms with Crippen LogP contribution in [0.1, 0.15) is 17.9 Å². The fourth-order valence-corrected chi connectivity index (χ4v) is 3.11. The van der Waals surface area contributed by atoms with Gasteiger partial charge in [-0.25, -0.2) is 4.39 Å². The first-order chi connectivity index (χ1) is 8.27. The van der Waals surface area contributed by atoms with E-state index in [2.05, 4.69) is 21.2 Å². The Bertz CT molecular complexity index is 447. The summed E-state index contributed by atoms with van der Waals surface area (Å²) >= 11 is 3.43. The number of benzene rings is 1. The van der Waals surface area contributed by atoms with Crippen molar-refractivity contribution in [2.24, 2.45) is 0 Å². The number of halogens is 2. The number of fused-ring (bicyclic) bond motifs is 1. The quantitative estimate of drug-likeness (QED) is 0.864. The van der Waals surface area contributed by atoms with E-state index in [9.17, 15) is 4.39 Å². The van der Waals surface area contributed by atoms with E-state index in [1.165, 1.54) is 0 Å². The van der Waals surface area contributed by atoms with Gasteiger partial charge in [0.05, 0.1) is 0 Å². The summed E-state index contributed by atoms with van der Waals surface area (Å²) in [5.74, 6) is 0.694. The smallest absolute Gasteiger partial charge is 0.197 e. The lowest BCUT2D eigenvalue weighted by molar-refractivity contribution is 0.163. The van der Waals surface area contributed by atoms with Gasteiger partial charge in [0, 0.05) is 22.5 Å². The van der Waals surface area contributed by atoms with E-state index < -0.39 is 0 Å². The molecule has 1 fully saturated rings. The number of rotatable bonds is 1. The van der Waals surface area contributed by atoms with Gasteiger partial charge >= 0.3 is 0 Å². The van der Waals surface area contributed by atoms with Crippen LogP contribution in [0.3, 0.4) is 0 Å². The lowest BCUT2D eigenvalue weighted by Crippen LogP contribution is -2.18. The lowest BCUT2D eigenvalue weighted by atomic mass is 9.97. The Morgan fingerprint density at radius 2 is 2.18 bits per heavy atom. The summed E-state index contributed by atoms with van der Waals surface area (Å²) < 4.78 is 25.9. The maximum atomic E-state index is 14.4. The largest absolute Gasteiger partial charge is 0.486 e. The highest BCUT2D eigenvalue weighted by atomic mass is 79.9. The summed E-state index contributed by atoms with van der Waals surface area (Å²) in [5, 5.41) is 3.25. The summed E-state index contributed by atoms with van der Waals surface area (Å²) in [6.07, 6.45) is 0.954. The molecule has 1 unspecified atom stereocenters. The number of nitrogens with one attached hydrogen (secondary N) is 1. The van der Waals surface area contributed by atoms with Gasteiger partial charge in [0.1, 0.15) is 13.2 Å². The Labute approximate surface area is 107 Å². The third kappa shape index (κ3) is 1.91. The summed E-state index contributed by atoms with van der Waals surface area (Å²) in [7, 11) is 0. The van der Waals surface area contributed by atoms with Gasteiger partial charge in [-0.3, -0.25) is 0 Å². The minimum Gasteiger partial charge on any atom is -0.486 e. The van der Waals surface area contributed by atoms with Crippen molar-refractivity contribution in [3.05, 3.63) is 21.9 Å². The second kappa shape index (κ2) is 4.46. The molecule has 0 amide bonds. The SMILES string of the molecule is Fc1c2c(cc(Br)c1C1CCNC1)OCCO2. The fourth-order valence-electron chi connectivity index (χ4n) is 2.41. The van der Waals surface area contributed by atoms with Crippen molar-refractivity contribution in [1.82, 2.24) is 5.32 Å². The van der Waals surface area contributed by atoms with Crippen LogP contribution in [0.15, 0.2) is 10.5 Å². The zero-order valence-electron chi connectivity index (χ0n) is 9.26. The first-order valence-corrected chi connectivity index (χ1v) is 6.55. The van der Waals surface area contributed by atoms with Crippen LogP contribution < -0.4 is 14.8 Å². The van der Waals surface area contributed by atoms with E-state index >= 15 is 0 Å². The number of hydrogen-bond donors (Lipinski definition) is 1. The van der Waals surface area contributed by atoms with Crippen molar-refractivity contribution in [2.75, 3.05) is 26.3 Å². The van der Waals surface area contributed by atoms with Gasteiger partial charge in [0.25, 0.3) is 0 Å². The van der Waals surface area contributed by atoms with Crippen molar-refractivity contribution in [1.29, 1.82) is 0 Å². The van der Waals surface area contributed by atoms with Crippen LogP contribution in [0, 0.1) is 5.82 Å². The van der Waals surface area contributed by atoms with Gasteiger partial charge in [-0.15, -0.1) is 0 Å². The van der Waals surface area contributed by atoms with E-state index in [0.29, 0.717) is 24.5 Å². The molecule has 1 aromatic carbocycles.